The molecule has 6 nitrogen and oxygen atoms in total. The van der Waals surface area contributed by atoms with Crippen molar-refractivity contribution in [3.05, 3.63) is 24.3 Å². The highest BCUT2D eigenvalue weighted by atomic mass is 16.5. The zero-order valence-electron chi connectivity index (χ0n) is 55.0. The molecule has 6 heteroatoms. The van der Waals surface area contributed by atoms with Crippen LogP contribution in [0.5, 0.6) is 0 Å². The minimum absolute atomic E-state index is 0.00845. The number of carbonyl (C=O) groups is 2. The molecule has 2 unspecified atom stereocenters. The molecular weight excluding hydrogens is 995 g/mol. The zero-order chi connectivity index (χ0) is 58.5. The van der Waals surface area contributed by atoms with Crippen molar-refractivity contribution in [2.24, 2.45) is 0 Å². The number of hydrogen-bond acceptors (Lipinski definition) is 5. The predicted octanol–water partition coefficient (Wildman–Crippen LogP) is 24.1. The molecule has 0 spiro atoms. The molecule has 0 bridgehead atoms. The molecule has 1 amide bonds. The smallest absolute Gasteiger partial charge is 0.305 e. The molecule has 0 aliphatic rings. The normalized spacial score (nSPS) is 12.6. The van der Waals surface area contributed by atoms with Gasteiger partial charge < -0.3 is 20.3 Å². The van der Waals surface area contributed by atoms with Crippen molar-refractivity contribution < 1.29 is 24.5 Å². The van der Waals surface area contributed by atoms with E-state index in [1.165, 1.54) is 334 Å². The fraction of sp³-hybridized carbons (Fsp3) is 0.920. The van der Waals surface area contributed by atoms with Crippen LogP contribution in [0.25, 0.3) is 0 Å². The molecule has 480 valence electrons. The van der Waals surface area contributed by atoms with E-state index in [2.05, 4.69) is 43.5 Å². The molecule has 0 aromatic carbocycles. The third kappa shape index (κ3) is 67.3. The van der Waals surface area contributed by atoms with E-state index in [1.54, 1.807) is 0 Å². The summed E-state index contributed by atoms with van der Waals surface area (Å²) in [6, 6.07) is -0.536. The van der Waals surface area contributed by atoms with Crippen molar-refractivity contribution in [1.29, 1.82) is 0 Å². The summed E-state index contributed by atoms with van der Waals surface area (Å²) in [6.07, 6.45) is 89.8. The van der Waals surface area contributed by atoms with Gasteiger partial charge in [-0.25, -0.2) is 0 Å². The van der Waals surface area contributed by atoms with Crippen LogP contribution < -0.4 is 5.32 Å². The number of aliphatic hydroxyl groups excluding tert-OH is 2. The molecule has 0 radical (unpaired) electrons. The zero-order valence-corrected chi connectivity index (χ0v) is 55.0. The van der Waals surface area contributed by atoms with Crippen molar-refractivity contribution in [2.45, 2.75) is 431 Å². The van der Waals surface area contributed by atoms with Gasteiger partial charge in [-0.3, -0.25) is 9.59 Å². The summed E-state index contributed by atoms with van der Waals surface area (Å²) in [6.45, 7) is 4.92. The second kappa shape index (κ2) is 70.8. The van der Waals surface area contributed by atoms with Crippen LogP contribution in [0.4, 0.5) is 0 Å². The number of rotatable bonds is 70. The Labute approximate surface area is 507 Å². The molecule has 0 saturated heterocycles. The fourth-order valence-corrected chi connectivity index (χ4v) is 11.9. The maximum atomic E-state index is 12.5. The highest BCUT2D eigenvalue weighted by Crippen LogP contribution is 2.20. The van der Waals surface area contributed by atoms with E-state index in [-0.39, 0.29) is 18.5 Å². The van der Waals surface area contributed by atoms with E-state index in [0.717, 1.165) is 51.4 Å². The van der Waals surface area contributed by atoms with Gasteiger partial charge in [0, 0.05) is 12.8 Å². The Hall–Kier alpha value is -1.66. The fourth-order valence-electron chi connectivity index (χ4n) is 11.9. The molecule has 81 heavy (non-hydrogen) atoms. The average molecular weight is 1140 g/mol. The predicted molar refractivity (Wildman–Crippen MR) is 356 cm³/mol. The van der Waals surface area contributed by atoms with Crippen LogP contribution in [0.3, 0.4) is 0 Å². The Kier molecular flexibility index (Phi) is 69.4. The van der Waals surface area contributed by atoms with Gasteiger partial charge >= 0.3 is 5.97 Å². The Morgan fingerprint density at radius 2 is 0.642 bits per heavy atom. The van der Waals surface area contributed by atoms with E-state index in [0.29, 0.717) is 25.9 Å². The lowest BCUT2D eigenvalue weighted by Crippen LogP contribution is -2.45. The first-order valence-electron chi connectivity index (χ1n) is 37.1. The number of carbonyl (C=O) groups excluding carboxylic acids is 2. The Bertz CT molecular complexity index is 1270. The van der Waals surface area contributed by atoms with Crippen molar-refractivity contribution in [2.75, 3.05) is 13.2 Å². The summed E-state index contributed by atoms with van der Waals surface area (Å²) < 4.78 is 5.48. The monoisotopic (exact) mass is 1140 g/mol. The average Bonchev–Trinajstić information content (AvgIpc) is 3.47. The summed E-state index contributed by atoms with van der Waals surface area (Å²) in [7, 11) is 0. The standard InChI is InChI=1S/C75H145NO5/c1-3-5-7-9-11-13-15-17-44-47-51-55-59-63-67-73(78)72(71-77)76-74(79)68-64-60-56-52-48-45-41-39-37-35-33-31-29-27-25-23-21-19-18-20-22-24-26-28-30-32-34-36-38-40-42-46-50-54-58-62-66-70-81-75(80)69-65-61-57-53-49-43-16-14-12-10-8-6-4-2/h8,10,14,16,72-73,77-78H,3-7,9,11-13,15,17-71H2,1-2H3,(H,76,79)/b10-8-,16-14-. The first-order chi connectivity index (χ1) is 40.0. The summed E-state index contributed by atoms with van der Waals surface area (Å²) in [4.78, 5) is 24.5. The minimum atomic E-state index is -0.659. The van der Waals surface area contributed by atoms with Gasteiger partial charge in [-0.1, -0.05) is 378 Å². The van der Waals surface area contributed by atoms with Crippen molar-refractivity contribution in [3.63, 3.8) is 0 Å². The Morgan fingerprint density at radius 3 is 0.988 bits per heavy atom. The molecule has 0 fully saturated rings. The van der Waals surface area contributed by atoms with E-state index in [4.69, 9.17) is 4.74 Å². The van der Waals surface area contributed by atoms with Crippen LogP contribution in [-0.4, -0.2) is 47.4 Å². The number of esters is 1. The van der Waals surface area contributed by atoms with Gasteiger partial charge in [0.2, 0.25) is 5.91 Å². The summed E-state index contributed by atoms with van der Waals surface area (Å²) in [5.74, 6) is -0.0179. The second-order valence-corrected chi connectivity index (χ2v) is 25.6. The molecule has 0 aliphatic heterocycles. The van der Waals surface area contributed by atoms with Gasteiger partial charge in [0.1, 0.15) is 0 Å². The molecule has 2 atom stereocenters. The number of unbranched alkanes of at least 4 members (excludes halogenated alkanes) is 55. The SMILES string of the molecule is CCC/C=C\C/C=C\CCCCCCCC(=O)OCCCCCCCCCCCCCCCCCCCCCCCCCCCCCCCCCCCCCCCC(=O)NC(CO)C(O)CCCCCCCCCCCCCCCC. The van der Waals surface area contributed by atoms with Crippen molar-refractivity contribution in [1.82, 2.24) is 5.32 Å². The lowest BCUT2D eigenvalue weighted by molar-refractivity contribution is -0.143. The van der Waals surface area contributed by atoms with Gasteiger partial charge in [0.25, 0.3) is 0 Å². The quantitative estimate of drug-likeness (QED) is 0.0320. The largest absolute Gasteiger partial charge is 0.466 e. The lowest BCUT2D eigenvalue weighted by atomic mass is 10.0. The van der Waals surface area contributed by atoms with Gasteiger partial charge in [-0.15, -0.1) is 0 Å². The van der Waals surface area contributed by atoms with Crippen LogP contribution in [0.15, 0.2) is 24.3 Å². The summed E-state index contributed by atoms with van der Waals surface area (Å²) >= 11 is 0. The van der Waals surface area contributed by atoms with Crippen molar-refractivity contribution in [3.8, 4) is 0 Å². The van der Waals surface area contributed by atoms with Crippen LogP contribution >= 0.6 is 0 Å². The highest BCUT2D eigenvalue weighted by molar-refractivity contribution is 5.76. The lowest BCUT2D eigenvalue weighted by Gasteiger charge is -2.22. The first kappa shape index (κ1) is 79.3. The molecule has 0 aromatic rings. The number of amides is 1. The first-order valence-corrected chi connectivity index (χ1v) is 37.1. The minimum Gasteiger partial charge on any atom is -0.466 e. The number of allylic oxidation sites excluding steroid dienone is 4. The maximum Gasteiger partial charge on any atom is 0.305 e. The van der Waals surface area contributed by atoms with Crippen molar-refractivity contribution >= 4 is 11.9 Å². The number of nitrogens with one attached hydrogen (secondary N) is 1. The molecule has 3 N–H and O–H groups in total. The van der Waals surface area contributed by atoms with Gasteiger partial charge in [0.15, 0.2) is 0 Å². The Balaban J connectivity index is 3.29. The molecule has 0 aromatic heterocycles. The molecule has 0 heterocycles. The summed E-state index contributed by atoms with van der Waals surface area (Å²) in [5, 5.41) is 23.3. The van der Waals surface area contributed by atoms with E-state index < -0.39 is 12.1 Å². The van der Waals surface area contributed by atoms with Crippen LogP contribution in [-0.2, 0) is 14.3 Å². The van der Waals surface area contributed by atoms with Crippen LogP contribution in [0.1, 0.15) is 418 Å². The van der Waals surface area contributed by atoms with E-state index in [9.17, 15) is 19.8 Å². The molecule has 0 saturated carbocycles. The third-order valence-corrected chi connectivity index (χ3v) is 17.5. The third-order valence-electron chi connectivity index (χ3n) is 17.5. The topological polar surface area (TPSA) is 95.9 Å². The maximum absolute atomic E-state index is 12.5. The molecule has 0 rings (SSSR count). The van der Waals surface area contributed by atoms with E-state index >= 15 is 0 Å². The van der Waals surface area contributed by atoms with Gasteiger partial charge in [-0.05, 0) is 51.4 Å². The number of hydrogen-bond donors (Lipinski definition) is 3. The number of aliphatic hydroxyl groups is 2. The summed E-state index contributed by atoms with van der Waals surface area (Å²) in [5.41, 5.74) is 0. The van der Waals surface area contributed by atoms with E-state index in [1.807, 2.05) is 0 Å². The van der Waals surface area contributed by atoms with Crippen LogP contribution in [0, 0.1) is 0 Å². The second-order valence-electron chi connectivity index (χ2n) is 25.6. The number of ether oxygens (including phenoxy) is 1. The molecule has 0 aliphatic carbocycles. The van der Waals surface area contributed by atoms with Gasteiger partial charge in [-0.2, -0.15) is 0 Å². The Morgan fingerprint density at radius 1 is 0.346 bits per heavy atom. The highest BCUT2D eigenvalue weighted by Gasteiger charge is 2.20. The van der Waals surface area contributed by atoms with Crippen LogP contribution in [0.2, 0.25) is 0 Å². The van der Waals surface area contributed by atoms with Gasteiger partial charge in [0.05, 0.1) is 25.4 Å². The molecular formula is C75H145NO5.